The molecule has 1 N–H and O–H groups in total. The van der Waals surface area contributed by atoms with Crippen LogP contribution < -0.4 is 15.0 Å². The van der Waals surface area contributed by atoms with Gasteiger partial charge in [-0.25, -0.2) is 13.1 Å². The fraction of sp³-hybridized carbons (Fsp3) is 0.312. The summed E-state index contributed by atoms with van der Waals surface area (Å²) in [4.78, 5) is 12.0. The number of nitrogens with zero attached hydrogens (tertiary/aromatic N) is 1. The first kappa shape index (κ1) is 17.2. The lowest BCUT2D eigenvalue weighted by atomic mass is 10.2. The average Bonchev–Trinajstić information content (AvgIpc) is 2.50. The summed E-state index contributed by atoms with van der Waals surface area (Å²) in [5.74, 6) is 0.415. The average molecular weight is 336 g/mol. The van der Waals surface area contributed by atoms with E-state index in [1.165, 1.54) is 17.7 Å². The molecule has 0 atom stereocenters. The standard InChI is InChI=1S/C16H20N2O4S/c1-13-10-15(22-2)11-16(19)18(13)9-8-17-23(20,21)12-14-6-4-3-5-7-14/h3-7,10-11,17H,8-9,12H2,1-2H3. The Morgan fingerprint density at radius 2 is 1.87 bits per heavy atom. The maximum Gasteiger partial charge on any atom is 0.254 e. The zero-order valence-electron chi connectivity index (χ0n) is 13.2. The highest BCUT2D eigenvalue weighted by molar-refractivity contribution is 7.88. The maximum atomic E-state index is 12.0. The number of rotatable bonds is 7. The minimum atomic E-state index is -3.43. The third-order valence-electron chi connectivity index (χ3n) is 3.40. The Labute approximate surface area is 135 Å². The van der Waals surface area contributed by atoms with Crippen LogP contribution >= 0.6 is 0 Å². The molecule has 124 valence electrons. The van der Waals surface area contributed by atoms with Gasteiger partial charge in [0.15, 0.2) is 0 Å². The van der Waals surface area contributed by atoms with Crippen LogP contribution in [0.2, 0.25) is 0 Å². The minimum absolute atomic E-state index is 0.0790. The normalized spacial score (nSPS) is 11.4. The van der Waals surface area contributed by atoms with Gasteiger partial charge in [-0.3, -0.25) is 4.79 Å². The van der Waals surface area contributed by atoms with Crippen molar-refractivity contribution < 1.29 is 13.2 Å². The number of hydrogen-bond acceptors (Lipinski definition) is 4. The largest absolute Gasteiger partial charge is 0.496 e. The highest BCUT2D eigenvalue weighted by Gasteiger charge is 2.11. The molecule has 0 saturated carbocycles. The first-order chi connectivity index (χ1) is 10.9. The molecule has 2 rings (SSSR count). The predicted molar refractivity (Wildman–Crippen MR) is 89.1 cm³/mol. The van der Waals surface area contributed by atoms with Crippen molar-refractivity contribution in [3.05, 3.63) is 64.1 Å². The van der Waals surface area contributed by atoms with Gasteiger partial charge < -0.3 is 9.30 Å². The molecule has 1 aromatic carbocycles. The van der Waals surface area contributed by atoms with Gasteiger partial charge in [0.05, 0.1) is 12.9 Å². The van der Waals surface area contributed by atoms with Gasteiger partial charge in [-0.1, -0.05) is 30.3 Å². The first-order valence-electron chi connectivity index (χ1n) is 7.18. The van der Waals surface area contributed by atoms with Crippen molar-refractivity contribution in [1.82, 2.24) is 9.29 Å². The lowest BCUT2D eigenvalue weighted by Gasteiger charge is -2.12. The van der Waals surface area contributed by atoms with E-state index in [9.17, 15) is 13.2 Å². The lowest BCUT2D eigenvalue weighted by molar-refractivity contribution is 0.411. The Kier molecular flexibility index (Phi) is 5.57. The number of benzene rings is 1. The Balaban J connectivity index is 1.98. The Morgan fingerprint density at radius 3 is 2.48 bits per heavy atom. The molecule has 0 unspecified atom stereocenters. The third kappa shape index (κ3) is 4.94. The summed E-state index contributed by atoms with van der Waals surface area (Å²) in [5.41, 5.74) is 1.22. The molecule has 0 bridgehead atoms. The highest BCUT2D eigenvalue weighted by atomic mass is 32.2. The summed E-state index contributed by atoms with van der Waals surface area (Å²) >= 11 is 0. The zero-order chi connectivity index (χ0) is 16.9. The van der Waals surface area contributed by atoms with Gasteiger partial charge in [0.25, 0.3) is 5.56 Å². The van der Waals surface area contributed by atoms with Crippen LogP contribution in [0.1, 0.15) is 11.3 Å². The van der Waals surface area contributed by atoms with Gasteiger partial charge >= 0.3 is 0 Å². The van der Waals surface area contributed by atoms with E-state index < -0.39 is 10.0 Å². The Bertz CT molecular complexity index is 814. The Morgan fingerprint density at radius 1 is 1.17 bits per heavy atom. The summed E-state index contributed by atoms with van der Waals surface area (Å²) in [6.07, 6.45) is 0. The summed E-state index contributed by atoms with van der Waals surface area (Å²) in [6.45, 7) is 2.20. The monoisotopic (exact) mass is 336 g/mol. The lowest BCUT2D eigenvalue weighted by Crippen LogP contribution is -2.32. The third-order valence-corrected chi connectivity index (χ3v) is 4.76. The van der Waals surface area contributed by atoms with Crippen molar-refractivity contribution in [2.24, 2.45) is 0 Å². The highest BCUT2D eigenvalue weighted by Crippen LogP contribution is 2.08. The number of methoxy groups -OCH3 is 1. The summed E-state index contributed by atoms with van der Waals surface area (Å²) in [6, 6.07) is 12.1. The molecule has 0 amide bonds. The van der Waals surface area contributed by atoms with Crippen molar-refractivity contribution in [3.8, 4) is 5.75 Å². The second-order valence-electron chi connectivity index (χ2n) is 5.17. The second-order valence-corrected chi connectivity index (χ2v) is 6.97. The molecular weight excluding hydrogens is 316 g/mol. The van der Waals surface area contributed by atoms with Gasteiger partial charge in [-0.05, 0) is 18.6 Å². The van der Waals surface area contributed by atoms with Gasteiger partial charge in [0.1, 0.15) is 5.75 Å². The molecule has 0 radical (unpaired) electrons. The maximum absolute atomic E-state index is 12.0. The molecule has 2 aromatic rings. The molecule has 1 aromatic heterocycles. The minimum Gasteiger partial charge on any atom is -0.496 e. The van der Waals surface area contributed by atoms with Crippen molar-refractivity contribution in [2.45, 2.75) is 19.2 Å². The van der Waals surface area contributed by atoms with Crippen molar-refractivity contribution in [1.29, 1.82) is 0 Å². The van der Waals surface area contributed by atoms with Gasteiger partial charge in [-0.15, -0.1) is 0 Å². The van der Waals surface area contributed by atoms with E-state index in [0.717, 1.165) is 11.3 Å². The van der Waals surface area contributed by atoms with Crippen LogP contribution in [0.15, 0.2) is 47.3 Å². The van der Waals surface area contributed by atoms with Crippen molar-refractivity contribution >= 4 is 10.0 Å². The second kappa shape index (κ2) is 7.43. The number of sulfonamides is 1. The zero-order valence-corrected chi connectivity index (χ0v) is 14.0. The van der Waals surface area contributed by atoms with E-state index in [1.807, 2.05) is 6.07 Å². The molecule has 0 fully saturated rings. The number of aryl methyl sites for hydroxylation is 1. The van der Waals surface area contributed by atoms with Crippen LogP contribution in [-0.4, -0.2) is 26.6 Å². The molecule has 6 nitrogen and oxygen atoms in total. The van der Waals surface area contributed by atoms with E-state index >= 15 is 0 Å². The van der Waals surface area contributed by atoms with Crippen LogP contribution in [0, 0.1) is 6.92 Å². The van der Waals surface area contributed by atoms with E-state index in [1.54, 1.807) is 37.3 Å². The quantitative estimate of drug-likeness (QED) is 0.826. The van der Waals surface area contributed by atoms with Crippen LogP contribution in [0.4, 0.5) is 0 Å². The fourth-order valence-corrected chi connectivity index (χ4v) is 3.40. The molecule has 0 aliphatic heterocycles. The van der Waals surface area contributed by atoms with Crippen LogP contribution in [-0.2, 0) is 22.3 Å². The van der Waals surface area contributed by atoms with Gasteiger partial charge in [0.2, 0.25) is 10.0 Å². The van der Waals surface area contributed by atoms with E-state index in [4.69, 9.17) is 4.74 Å². The topological polar surface area (TPSA) is 77.4 Å². The van der Waals surface area contributed by atoms with E-state index in [-0.39, 0.29) is 24.4 Å². The summed E-state index contributed by atoms with van der Waals surface area (Å²) in [7, 11) is -1.94. The number of pyridine rings is 1. The number of nitrogens with one attached hydrogen (secondary N) is 1. The summed E-state index contributed by atoms with van der Waals surface area (Å²) < 4.78 is 33.1. The smallest absolute Gasteiger partial charge is 0.254 e. The van der Waals surface area contributed by atoms with Crippen molar-refractivity contribution in [3.63, 3.8) is 0 Å². The molecule has 0 aliphatic rings. The molecule has 23 heavy (non-hydrogen) atoms. The molecule has 0 aliphatic carbocycles. The fourth-order valence-electron chi connectivity index (χ4n) is 2.26. The van der Waals surface area contributed by atoms with Crippen LogP contribution in [0.25, 0.3) is 0 Å². The molecule has 0 spiro atoms. The number of ether oxygens (including phenoxy) is 1. The number of aromatic nitrogens is 1. The van der Waals surface area contributed by atoms with Crippen molar-refractivity contribution in [2.75, 3.05) is 13.7 Å². The van der Waals surface area contributed by atoms with E-state index in [0.29, 0.717) is 5.75 Å². The molecule has 7 heteroatoms. The van der Waals surface area contributed by atoms with Crippen LogP contribution in [0.5, 0.6) is 5.75 Å². The first-order valence-corrected chi connectivity index (χ1v) is 8.83. The summed E-state index contributed by atoms with van der Waals surface area (Å²) in [5, 5.41) is 0. The molecule has 1 heterocycles. The van der Waals surface area contributed by atoms with E-state index in [2.05, 4.69) is 4.72 Å². The SMILES string of the molecule is COc1cc(C)n(CCNS(=O)(=O)Cc2ccccc2)c(=O)c1. The Hall–Kier alpha value is -2.12. The van der Waals surface area contributed by atoms with Gasteiger partial charge in [0, 0.05) is 24.8 Å². The molecular formula is C16H20N2O4S. The molecule has 0 saturated heterocycles. The van der Waals surface area contributed by atoms with Crippen LogP contribution in [0.3, 0.4) is 0 Å². The number of hydrogen-bond donors (Lipinski definition) is 1. The predicted octanol–water partition coefficient (Wildman–Crippen LogP) is 1.28. The van der Waals surface area contributed by atoms with Gasteiger partial charge in [-0.2, -0.15) is 0 Å².